The number of aromatic nitrogens is 2. The smallest absolute Gasteiger partial charge is 0.304 e. The third kappa shape index (κ3) is 3.35. The Labute approximate surface area is 101 Å². The Kier molecular flexibility index (Phi) is 3.81. The molecule has 90 valence electrons. The van der Waals surface area contributed by atoms with Gasteiger partial charge in [-0.1, -0.05) is 0 Å². The van der Waals surface area contributed by atoms with Gasteiger partial charge in [-0.2, -0.15) is 11.8 Å². The Bertz CT molecular complexity index is 480. The molecule has 2 aromatic rings. The number of carbonyl (C=O) groups is 1. The molecule has 0 aromatic carbocycles. The lowest BCUT2D eigenvalue weighted by Gasteiger charge is -1.93. The van der Waals surface area contributed by atoms with Crippen LogP contribution in [0.3, 0.4) is 0 Å². The predicted molar refractivity (Wildman–Crippen MR) is 60.4 cm³/mol. The fourth-order valence-electron chi connectivity index (χ4n) is 1.13. The SMILES string of the molecule is O=C(O)CCSCc1nnc(-c2ccco2)o1. The van der Waals surface area contributed by atoms with Crippen molar-refractivity contribution in [3.05, 3.63) is 24.3 Å². The van der Waals surface area contributed by atoms with Crippen molar-refractivity contribution >= 4 is 17.7 Å². The molecule has 0 spiro atoms. The van der Waals surface area contributed by atoms with E-state index in [1.54, 1.807) is 12.1 Å². The monoisotopic (exact) mass is 254 g/mol. The normalized spacial score (nSPS) is 10.6. The minimum absolute atomic E-state index is 0.129. The Morgan fingerprint density at radius 2 is 2.35 bits per heavy atom. The maximum absolute atomic E-state index is 10.3. The van der Waals surface area contributed by atoms with Gasteiger partial charge in [0.15, 0.2) is 5.76 Å². The maximum Gasteiger partial charge on any atom is 0.304 e. The topological polar surface area (TPSA) is 89.4 Å². The van der Waals surface area contributed by atoms with E-state index in [-0.39, 0.29) is 6.42 Å². The Hall–Kier alpha value is -1.76. The lowest BCUT2D eigenvalue weighted by Crippen LogP contribution is -1.96. The highest BCUT2D eigenvalue weighted by Crippen LogP contribution is 2.20. The Morgan fingerprint density at radius 1 is 1.47 bits per heavy atom. The largest absolute Gasteiger partial charge is 0.481 e. The molecule has 0 aliphatic rings. The van der Waals surface area contributed by atoms with Gasteiger partial charge in [-0.15, -0.1) is 10.2 Å². The summed E-state index contributed by atoms with van der Waals surface area (Å²) < 4.78 is 10.5. The molecule has 0 radical (unpaired) electrons. The summed E-state index contributed by atoms with van der Waals surface area (Å²) in [5, 5.41) is 16.1. The number of carboxylic acids is 1. The van der Waals surface area contributed by atoms with Gasteiger partial charge in [-0.05, 0) is 12.1 Å². The summed E-state index contributed by atoms with van der Waals surface area (Å²) in [6.07, 6.45) is 1.66. The molecule has 0 unspecified atom stereocenters. The second kappa shape index (κ2) is 5.53. The van der Waals surface area contributed by atoms with Crippen LogP contribution in [0.1, 0.15) is 12.3 Å². The summed E-state index contributed by atoms with van der Waals surface area (Å²) in [6.45, 7) is 0. The molecular weight excluding hydrogens is 244 g/mol. The van der Waals surface area contributed by atoms with E-state index in [1.807, 2.05) is 0 Å². The van der Waals surface area contributed by atoms with E-state index < -0.39 is 5.97 Å². The third-order valence-corrected chi connectivity index (χ3v) is 2.83. The molecule has 2 heterocycles. The van der Waals surface area contributed by atoms with Crippen molar-refractivity contribution in [2.45, 2.75) is 12.2 Å². The van der Waals surface area contributed by atoms with Gasteiger partial charge >= 0.3 is 5.97 Å². The number of carboxylic acid groups (broad SMARTS) is 1. The zero-order chi connectivity index (χ0) is 12.1. The molecule has 0 amide bonds. The summed E-state index contributed by atoms with van der Waals surface area (Å²) >= 11 is 1.44. The fourth-order valence-corrected chi connectivity index (χ4v) is 1.89. The minimum Gasteiger partial charge on any atom is -0.481 e. The summed E-state index contributed by atoms with van der Waals surface area (Å²) in [5.74, 6) is 1.55. The molecule has 0 fully saturated rings. The molecule has 0 saturated heterocycles. The van der Waals surface area contributed by atoms with Crippen molar-refractivity contribution < 1.29 is 18.7 Å². The third-order valence-electron chi connectivity index (χ3n) is 1.88. The van der Waals surface area contributed by atoms with Crippen LogP contribution < -0.4 is 0 Å². The zero-order valence-electron chi connectivity index (χ0n) is 8.83. The molecule has 6 nitrogen and oxygen atoms in total. The van der Waals surface area contributed by atoms with Crippen LogP contribution in [0.25, 0.3) is 11.7 Å². The summed E-state index contributed by atoms with van der Waals surface area (Å²) in [5.41, 5.74) is 0. The number of furan rings is 1. The molecule has 0 saturated carbocycles. The van der Waals surface area contributed by atoms with Gasteiger partial charge in [-0.3, -0.25) is 4.79 Å². The molecule has 0 aliphatic heterocycles. The first-order valence-corrected chi connectivity index (χ1v) is 6.07. The van der Waals surface area contributed by atoms with E-state index >= 15 is 0 Å². The molecular formula is C10H10N2O4S. The number of aliphatic carboxylic acids is 1. The van der Waals surface area contributed by atoms with E-state index in [0.29, 0.717) is 29.0 Å². The van der Waals surface area contributed by atoms with Crippen molar-refractivity contribution in [1.82, 2.24) is 10.2 Å². The fraction of sp³-hybridized carbons (Fsp3) is 0.300. The lowest BCUT2D eigenvalue weighted by atomic mass is 10.5. The average molecular weight is 254 g/mol. The van der Waals surface area contributed by atoms with E-state index in [1.165, 1.54) is 18.0 Å². The standard InChI is InChI=1S/C10H10N2O4S/c13-9(14)3-5-17-6-8-11-12-10(16-8)7-2-1-4-15-7/h1-2,4H,3,5-6H2,(H,13,14). The minimum atomic E-state index is -0.806. The Balaban J connectivity index is 1.84. The van der Waals surface area contributed by atoms with Gasteiger partial charge in [0, 0.05) is 5.75 Å². The molecule has 1 N–H and O–H groups in total. The number of hydrogen-bond donors (Lipinski definition) is 1. The molecule has 17 heavy (non-hydrogen) atoms. The van der Waals surface area contributed by atoms with Crippen LogP contribution in [0, 0.1) is 0 Å². The summed E-state index contributed by atoms with van der Waals surface area (Å²) in [6, 6.07) is 3.47. The van der Waals surface area contributed by atoms with Gasteiger partial charge in [0.2, 0.25) is 5.89 Å². The van der Waals surface area contributed by atoms with Gasteiger partial charge in [-0.25, -0.2) is 0 Å². The van der Waals surface area contributed by atoms with Gasteiger partial charge in [0.1, 0.15) is 0 Å². The highest BCUT2D eigenvalue weighted by atomic mass is 32.2. The van der Waals surface area contributed by atoms with Gasteiger partial charge in [0.25, 0.3) is 5.89 Å². The Morgan fingerprint density at radius 3 is 3.06 bits per heavy atom. The lowest BCUT2D eigenvalue weighted by molar-refractivity contribution is -0.136. The molecule has 0 bridgehead atoms. The average Bonchev–Trinajstić information content (AvgIpc) is 2.94. The van der Waals surface area contributed by atoms with Crippen molar-refractivity contribution in [1.29, 1.82) is 0 Å². The van der Waals surface area contributed by atoms with E-state index in [2.05, 4.69) is 10.2 Å². The van der Waals surface area contributed by atoms with Crippen molar-refractivity contribution in [3.8, 4) is 11.7 Å². The second-order valence-electron chi connectivity index (χ2n) is 3.17. The van der Waals surface area contributed by atoms with Crippen LogP contribution in [0.4, 0.5) is 0 Å². The highest BCUT2D eigenvalue weighted by molar-refractivity contribution is 7.98. The first-order valence-electron chi connectivity index (χ1n) is 4.91. The molecule has 0 aliphatic carbocycles. The van der Waals surface area contributed by atoms with Crippen molar-refractivity contribution in [3.63, 3.8) is 0 Å². The number of thioether (sulfide) groups is 1. The molecule has 2 aromatic heterocycles. The van der Waals surface area contributed by atoms with Crippen LogP contribution in [0.5, 0.6) is 0 Å². The molecule has 0 atom stereocenters. The zero-order valence-corrected chi connectivity index (χ0v) is 9.64. The van der Waals surface area contributed by atoms with E-state index in [9.17, 15) is 4.79 Å². The second-order valence-corrected chi connectivity index (χ2v) is 4.28. The van der Waals surface area contributed by atoms with E-state index in [0.717, 1.165) is 0 Å². The molecule has 7 heteroatoms. The van der Waals surface area contributed by atoms with Crippen LogP contribution in [0.2, 0.25) is 0 Å². The number of nitrogens with zero attached hydrogens (tertiary/aromatic N) is 2. The highest BCUT2D eigenvalue weighted by Gasteiger charge is 2.10. The van der Waals surface area contributed by atoms with Crippen molar-refractivity contribution in [2.24, 2.45) is 0 Å². The number of hydrogen-bond acceptors (Lipinski definition) is 6. The van der Waals surface area contributed by atoms with Crippen LogP contribution in [-0.2, 0) is 10.5 Å². The summed E-state index contributed by atoms with van der Waals surface area (Å²) in [4.78, 5) is 10.3. The summed E-state index contributed by atoms with van der Waals surface area (Å²) in [7, 11) is 0. The predicted octanol–water partition coefficient (Wildman–Crippen LogP) is 2.04. The van der Waals surface area contributed by atoms with Crippen LogP contribution in [-0.4, -0.2) is 27.0 Å². The van der Waals surface area contributed by atoms with Gasteiger partial charge in [0.05, 0.1) is 18.4 Å². The van der Waals surface area contributed by atoms with Gasteiger partial charge < -0.3 is 13.9 Å². The number of rotatable bonds is 6. The molecule has 2 rings (SSSR count). The van der Waals surface area contributed by atoms with Crippen LogP contribution in [0.15, 0.2) is 27.2 Å². The van der Waals surface area contributed by atoms with Crippen LogP contribution >= 0.6 is 11.8 Å². The first-order chi connectivity index (χ1) is 8.25. The quantitative estimate of drug-likeness (QED) is 0.789. The van der Waals surface area contributed by atoms with Crippen molar-refractivity contribution in [2.75, 3.05) is 5.75 Å². The maximum atomic E-state index is 10.3. The first kappa shape index (κ1) is 11.7. The van der Waals surface area contributed by atoms with E-state index in [4.69, 9.17) is 13.9 Å².